The van der Waals surface area contributed by atoms with E-state index in [-0.39, 0.29) is 23.2 Å². The van der Waals surface area contributed by atoms with E-state index >= 15 is 0 Å². The number of halogens is 1. The lowest BCUT2D eigenvalue weighted by molar-refractivity contribution is -0.303. The van der Waals surface area contributed by atoms with Gasteiger partial charge in [-0.1, -0.05) is 54.6 Å². The molecule has 3 aliphatic rings. The highest BCUT2D eigenvalue weighted by Crippen LogP contribution is 2.49. The van der Waals surface area contributed by atoms with Crippen LogP contribution in [0.4, 0.5) is 10.1 Å². The number of aliphatic hydroxyl groups is 6. The second-order valence-corrected chi connectivity index (χ2v) is 15.5. The van der Waals surface area contributed by atoms with Crippen molar-refractivity contribution in [2.24, 2.45) is 0 Å². The predicted molar refractivity (Wildman–Crippen MR) is 206 cm³/mol. The standard InChI is InChI=1S/C41H40FNO16S/c42-21-12-9-18(10-13-21)26(57-41-33(50)29(46)31(48)35(59-41)39(54)55)17-60-36-27(43(37(36)51)22-6-2-1-3-7-22)24-14-11-20(16-25(24)44)19-5-4-8-23(15-19)56-40-32(49)28(45)30(47)34(58-40)38(52)53/h1-16,26-36,40-41,44-50H,17H2,(H,52,53)(H,54,55)/t26-,27+,28?,29-,30?,31+,32?,33?,34?,35?,36+,40+,41+/m0/s1. The molecule has 19 heteroatoms. The third kappa shape index (κ3) is 8.54. The first-order chi connectivity index (χ1) is 28.6. The van der Waals surface area contributed by atoms with Crippen LogP contribution in [-0.4, -0.2) is 136 Å². The van der Waals surface area contributed by atoms with Crippen LogP contribution < -0.4 is 9.64 Å². The van der Waals surface area contributed by atoms with Crippen LogP contribution >= 0.6 is 11.8 Å². The van der Waals surface area contributed by atoms with E-state index in [9.17, 15) is 64.7 Å². The number of ether oxygens (including phenoxy) is 4. The molecule has 4 aromatic carbocycles. The van der Waals surface area contributed by atoms with Crippen LogP contribution in [0.5, 0.6) is 11.5 Å². The second-order valence-electron chi connectivity index (χ2n) is 14.3. The Bertz CT molecular complexity index is 2180. The second kappa shape index (κ2) is 17.8. The third-order valence-electron chi connectivity index (χ3n) is 10.4. The Morgan fingerprint density at radius 1 is 0.717 bits per heavy atom. The maximum atomic E-state index is 14.0. The van der Waals surface area contributed by atoms with Gasteiger partial charge in [-0.2, -0.15) is 0 Å². The first-order valence-electron chi connectivity index (χ1n) is 18.5. The Kier molecular flexibility index (Phi) is 12.7. The zero-order valence-corrected chi connectivity index (χ0v) is 31.9. The number of carbonyl (C=O) groups excluding carboxylic acids is 1. The molecule has 13 atom stereocenters. The number of β-lactam (4-membered cyclic amide) rings is 1. The van der Waals surface area contributed by atoms with Crippen LogP contribution in [0.15, 0.2) is 97.1 Å². The van der Waals surface area contributed by atoms with Crippen LogP contribution in [0.3, 0.4) is 0 Å². The zero-order valence-electron chi connectivity index (χ0n) is 31.1. The Balaban J connectivity index is 1.14. The molecule has 3 heterocycles. The molecular weight excluding hydrogens is 814 g/mol. The van der Waals surface area contributed by atoms with E-state index in [1.54, 1.807) is 54.6 Å². The number of nitrogens with zero attached hydrogens (tertiary/aromatic N) is 1. The van der Waals surface area contributed by atoms with Crippen molar-refractivity contribution < 1.29 is 83.7 Å². The van der Waals surface area contributed by atoms with Gasteiger partial charge >= 0.3 is 11.9 Å². The van der Waals surface area contributed by atoms with E-state index in [4.69, 9.17) is 18.9 Å². The number of carboxylic acids is 2. The van der Waals surface area contributed by atoms with E-state index < -0.39 is 96.6 Å². The molecule has 0 aliphatic carbocycles. The van der Waals surface area contributed by atoms with E-state index in [0.29, 0.717) is 27.9 Å². The fourth-order valence-corrected chi connectivity index (χ4v) is 8.58. The highest BCUT2D eigenvalue weighted by molar-refractivity contribution is 8.00. The lowest BCUT2D eigenvalue weighted by Gasteiger charge is -2.47. The van der Waals surface area contributed by atoms with Gasteiger partial charge in [-0.15, -0.1) is 11.8 Å². The van der Waals surface area contributed by atoms with E-state index in [1.807, 2.05) is 0 Å². The zero-order chi connectivity index (χ0) is 43.0. The molecule has 60 heavy (non-hydrogen) atoms. The molecule has 3 saturated heterocycles. The van der Waals surface area contributed by atoms with Gasteiger partial charge in [0.15, 0.2) is 18.5 Å². The number of carbonyl (C=O) groups is 3. The average molecular weight is 854 g/mol. The highest BCUT2D eigenvalue weighted by Gasteiger charge is 2.52. The predicted octanol–water partition coefficient (Wildman–Crippen LogP) is 1.31. The van der Waals surface area contributed by atoms with Gasteiger partial charge in [-0.25, -0.2) is 14.0 Å². The van der Waals surface area contributed by atoms with Crippen LogP contribution in [0.25, 0.3) is 11.1 Å². The molecule has 0 radical (unpaired) electrons. The van der Waals surface area contributed by atoms with Gasteiger partial charge in [-0.05, 0) is 59.2 Å². The van der Waals surface area contributed by atoms with Gasteiger partial charge in [0.05, 0.1) is 12.1 Å². The molecule has 0 spiro atoms. The molecule has 9 N–H and O–H groups in total. The minimum absolute atomic E-state index is 0.0572. The summed E-state index contributed by atoms with van der Waals surface area (Å²) in [4.78, 5) is 38.7. The number of aromatic hydroxyl groups is 1. The van der Waals surface area contributed by atoms with Crippen LogP contribution in [0, 0.1) is 5.82 Å². The molecule has 0 saturated carbocycles. The maximum absolute atomic E-state index is 14.0. The smallest absolute Gasteiger partial charge is 0.335 e. The van der Waals surface area contributed by atoms with Gasteiger partial charge < -0.3 is 69.8 Å². The molecule has 3 fully saturated rings. The molecule has 7 rings (SSSR count). The quantitative estimate of drug-likeness (QED) is 0.0858. The SMILES string of the molecule is O=C(O)C1O[C@@H](Oc2cccc(-c3ccc([C@@H]4[C@@H](SC[C@H](O[C@@H]5OC(C(=O)O)[C@H](O)[C@H](O)C5O)c5ccc(F)cc5)C(=O)N4c4ccccc4)c(O)c3)c2)C(O)C(O)C1O. The summed E-state index contributed by atoms with van der Waals surface area (Å²) in [5.74, 6) is -4.25. The minimum Gasteiger partial charge on any atom is -0.508 e. The van der Waals surface area contributed by atoms with Crippen LogP contribution in [0.1, 0.15) is 23.3 Å². The molecule has 0 aromatic heterocycles. The van der Waals surface area contributed by atoms with Gasteiger partial charge in [0.2, 0.25) is 12.2 Å². The highest BCUT2D eigenvalue weighted by atomic mass is 32.2. The largest absolute Gasteiger partial charge is 0.508 e. The first kappa shape index (κ1) is 42.9. The molecular formula is C41H40FNO16S. The number of para-hydroxylation sites is 1. The number of phenols is 1. The number of aliphatic carboxylic acids is 2. The Morgan fingerprint density at radius 3 is 1.93 bits per heavy atom. The number of carboxylic acid groups (broad SMARTS) is 2. The summed E-state index contributed by atoms with van der Waals surface area (Å²) in [6.45, 7) is 0. The monoisotopic (exact) mass is 853 g/mol. The number of thioether (sulfide) groups is 1. The van der Waals surface area contributed by atoms with E-state index in [1.165, 1.54) is 35.2 Å². The summed E-state index contributed by atoms with van der Waals surface area (Å²) in [5.41, 5.74) is 2.22. The van der Waals surface area contributed by atoms with Crippen molar-refractivity contribution in [3.05, 3.63) is 114 Å². The fraction of sp³-hybridized carbons (Fsp3) is 0.341. The number of rotatable bonds is 13. The van der Waals surface area contributed by atoms with Gasteiger partial charge in [0.1, 0.15) is 59.2 Å². The molecule has 1 amide bonds. The third-order valence-corrected chi connectivity index (χ3v) is 11.8. The van der Waals surface area contributed by atoms with Crippen LogP contribution in [0.2, 0.25) is 0 Å². The molecule has 318 valence electrons. The maximum Gasteiger partial charge on any atom is 0.335 e. The minimum atomic E-state index is -1.96. The lowest BCUT2D eigenvalue weighted by Crippen LogP contribution is -2.61. The number of anilines is 1. The van der Waals surface area contributed by atoms with Crippen molar-refractivity contribution in [3.8, 4) is 22.6 Å². The normalized spacial score (nSPS) is 30.9. The van der Waals surface area contributed by atoms with Crippen molar-refractivity contribution in [1.29, 1.82) is 0 Å². The number of hydrogen-bond acceptors (Lipinski definition) is 15. The Hall–Kier alpha value is -5.19. The number of amides is 1. The topological polar surface area (TPSA) is 273 Å². The molecule has 17 nitrogen and oxygen atoms in total. The Morgan fingerprint density at radius 2 is 1.32 bits per heavy atom. The van der Waals surface area contributed by atoms with Crippen molar-refractivity contribution in [2.45, 2.75) is 78.8 Å². The summed E-state index contributed by atoms with van der Waals surface area (Å²) in [5, 5.41) is 91.5. The lowest BCUT2D eigenvalue weighted by atomic mass is 9.90. The van der Waals surface area contributed by atoms with Crippen molar-refractivity contribution in [3.63, 3.8) is 0 Å². The summed E-state index contributed by atoms with van der Waals surface area (Å²) in [6.07, 6.45) is -19.7. The van der Waals surface area contributed by atoms with Crippen molar-refractivity contribution in [1.82, 2.24) is 0 Å². The van der Waals surface area contributed by atoms with E-state index in [0.717, 1.165) is 23.9 Å². The van der Waals surface area contributed by atoms with Crippen molar-refractivity contribution in [2.75, 3.05) is 10.7 Å². The van der Waals surface area contributed by atoms with Crippen molar-refractivity contribution >= 4 is 35.3 Å². The first-order valence-corrected chi connectivity index (χ1v) is 19.5. The summed E-state index contributed by atoms with van der Waals surface area (Å²) >= 11 is 1.10. The summed E-state index contributed by atoms with van der Waals surface area (Å²) < 4.78 is 36.2. The number of hydrogen-bond donors (Lipinski definition) is 9. The summed E-state index contributed by atoms with van der Waals surface area (Å²) in [7, 11) is 0. The number of phenolic OH excluding ortho intramolecular Hbond substituents is 1. The fourth-order valence-electron chi connectivity index (χ4n) is 7.22. The molecule has 0 bridgehead atoms. The molecule has 6 unspecified atom stereocenters. The number of benzene rings is 4. The summed E-state index contributed by atoms with van der Waals surface area (Å²) in [6, 6.07) is 24.0. The van der Waals surface area contributed by atoms with Gasteiger partial charge in [-0.3, -0.25) is 4.79 Å². The van der Waals surface area contributed by atoms with Gasteiger partial charge in [0, 0.05) is 17.0 Å². The number of aliphatic hydroxyl groups excluding tert-OH is 6. The van der Waals surface area contributed by atoms with E-state index in [2.05, 4.69) is 0 Å². The molecule has 3 aliphatic heterocycles. The average Bonchev–Trinajstić information content (AvgIpc) is 3.23. The Labute approximate surface area is 344 Å². The molecule has 4 aromatic rings. The van der Waals surface area contributed by atoms with Crippen LogP contribution in [-0.2, 0) is 28.6 Å². The van der Waals surface area contributed by atoms with Gasteiger partial charge in [0.25, 0.3) is 0 Å².